The number of halogens is 2. The summed E-state index contributed by atoms with van der Waals surface area (Å²) >= 11 is 0. The van der Waals surface area contributed by atoms with Crippen LogP contribution in [0.3, 0.4) is 0 Å². The summed E-state index contributed by atoms with van der Waals surface area (Å²) in [6, 6.07) is 5.08. The van der Waals surface area contributed by atoms with Crippen LogP contribution in [0.25, 0.3) is 0 Å². The molecule has 29 heavy (non-hydrogen) atoms. The van der Waals surface area contributed by atoms with Crippen LogP contribution in [0.15, 0.2) is 23.2 Å². The molecule has 0 unspecified atom stereocenters. The average molecular weight is 409 g/mol. The van der Waals surface area contributed by atoms with E-state index >= 15 is 0 Å². The van der Waals surface area contributed by atoms with Gasteiger partial charge in [0.1, 0.15) is 5.75 Å². The number of aryl methyl sites for hydroxylation is 3. The SMILES string of the molecule is CN=C(NCCCn1nc(C)cc1C)NCc1cc2c(cc1OC(F)F)OCO2. The van der Waals surface area contributed by atoms with Crippen LogP contribution in [0.1, 0.15) is 23.4 Å². The summed E-state index contributed by atoms with van der Waals surface area (Å²) in [4.78, 5) is 4.16. The lowest BCUT2D eigenvalue weighted by Gasteiger charge is -2.15. The number of alkyl halides is 2. The Labute approximate surface area is 167 Å². The van der Waals surface area contributed by atoms with Gasteiger partial charge in [-0.1, -0.05) is 0 Å². The minimum absolute atomic E-state index is 0.0386. The summed E-state index contributed by atoms with van der Waals surface area (Å²) in [5.41, 5.74) is 2.64. The molecule has 3 rings (SSSR count). The molecule has 0 spiro atoms. The van der Waals surface area contributed by atoms with E-state index in [0.717, 1.165) is 24.4 Å². The summed E-state index contributed by atoms with van der Waals surface area (Å²) in [5.74, 6) is 1.48. The van der Waals surface area contributed by atoms with Crippen molar-refractivity contribution in [2.75, 3.05) is 20.4 Å². The van der Waals surface area contributed by atoms with Gasteiger partial charge in [-0.3, -0.25) is 9.67 Å². The van der Waals surface area contributed by atoms with Crippen LogP contribution in [0, 0.1) is 13.8 Å². The summed E-state index contributed by atoms with van der Waals surface area (Å²) in [6.07, 6.45) is 0.854. The van der Waals surface area contributed by atoms with Crippen molar-refractivity contribution in [2.24, 2.45) is 4.99 Å². The number of nitrogens with one attached hydrogen (secondary N) is 2. The Morgan fingerprint density at radius 3 is 2.66 bits per heavy atom. The van der Waals surface area contributed by atoms with Crippen molar-refractivity contribution in [2.45, 2.75) is 40.0 Å². The molecule has 0 saturated carbocycles. The molecule has 1 aliphatic rings. The largest absolute Gasteiger partial charge is 0.454 e. The third kappa shape index (κ3) is 5.49. The first-order chi connectivity index (χ1) is 14.0. The Morgan fingerprint density at radius 1 is 1.24 bits per heavy atom. The quantitative estimate of drug-likeness (QED) is 0.396. The molecule has 0 bridgehead atoms. The smallest absolute Gasteiger partial charge is 0.387 e. The summed E-state index contributed by atoms with van der Waals surface area (Å²) in [6.45, 7) is 2.82. The molecular formula is C19H25F2N5O3. The van der Waals surface area contributed by atoms with E-state index in [-0.39, 0.29) is 19.1 Å². The van der Waals surface area contributed by atoms with Crippen LogP contribution in [0.5, 0.6) is 17.2 Å². The predicted octanol–water partition coefficient (Wildman–Crippen LogP) is 2.59. The van der Waals surface area contributed by atoms with E-state index in [2.05, 4.69) is 25.5 Å². The number of hydrogen-bond donors (Lipinski definition) is 2. The Hall–Kier alpha value is -3.04. The van der Waals surface area contributed by atoms with Gasteiger partial charge >= 0.3 is 6.61 Å². The van der Waals surface area contributed by atoms with Crippen molar-refractivity contribution in [3.8, 4) is 17.2 Å². The number of ether oxygens (including phenoxy) is 3. The van der Waals surface area contributed by atoms with E-state index in [9.17, 15) is 8.78 Å². The van der Waals surface area contributed by atoms with Crippen molar-refractivity contribution in [1.29, 1.82) is 0 Å². The zero-order valence-electron chi connectivity index (χ0n) is 16.7. The molecule has 2 heterocycles. The average Bonchev–Trinajstić information content (AvgIpc) is 3.25. The van der Waals surface area contributed by atoms with Crippen LogP contribution in [0.2, 0.25) is 0 Å². The standard InChI is InChI=1S/C19H25F2N5O3/c1-12-7-13(2)26(25-12)6-4-5-23-19(22-3)24-10-14-8-16-17(28-11-27-16)9-15(14)29-18(20)21/h7-9,18H,4-6,10-11H2,1-3H3,(H2,22,23,24). The maximum Gasteiger partial charge on any atom is 0.387 e. The lowest BCUT2D eigenvalue weighted by Crippen LogP contribution is -2.37. The van der Waals surface area contributed by atoms with E-state index in [1.165, 1.54) is 6.07 Å². The molecule has 2 N–H and O–H groups in total. The van der Waals surface area contributed by atoms with Gasteiger partial charge in [0, 0.05) is 44.0 Å². The van der Waals surface area contributed by atoms with Crippen molar-refractivity contribution in [3.05, 3.63) is 35.2 Å². The van der Waals surface area contributed by atoms with Gasteiger partial charge < -0.3 is 24.8 Å². The minimum atomic E-state index is -2.93. The third-order valence-corrected chi connectivity index (χ3v) is 4.38. The van der Waals surface area contributed by atoms with Crippen LogP contribution >= 0.6 is 0 Å². The highest BCUT2D eigenvalue weighted by molar-refractivity contribution is 5.79. The second kappa shape index (κ2) is 9.44. The van der Waals surface area contributed by atoms with E-state index in [0.29, 0.717) is 29.6 Å². The second-order valence-corrected chi connectivity index (χ2v) is 6.55. The van der Waals surface area contributed by atoms with Gasteiger partial charge in [0.05, 0.1) is 5.69 Å². The summed E-state index contributed by atoms with van der Waals surface area (Å²) in [7, 11) is 1.65. The van der Waals surface area contributed by atoms with E-state index in [1.54, 1.807) is 13.1 Å². The molecule has 0 saturated heterocycles. The predicted molar refractivity (Wildman–Crippen MR) is 104 cm³/mol. The van der Waals surface area contributed by atoms with Crippen LogP contribution < -0.4 is 24.8 Å². The molecule has 0 fully saturated rings. The number of benzene rings is 1. The van der Waals surface area contributed by atoms with Crippen molar-refractivity contribution in [1.82, 2.24) is 20.4 Å². The number of nitrogens with zero attached hydrogens (tertiary/aromatic N) is 3. The molecule has 0 amide bonds. The monoisotopic (exact) mass is 409 g/mol. The van der Waals surface area contributed by atoms with Gasteiger partial charge in [0.15, 0.2) is 17.5 Å². The van der Waals surface area contributed by atoms with Gasteiger partial charge in [0.25, 0.3) is 0 Å². The van der Waals surface area contributed by atoms with Gasteiger partial charge in [-0.15, -0.1) is 0 Å². The maximum absolute atomic E-state index is 12.7. The normalized spacial score (nSPS) is 13.1. The Kier molecular flexibility index (Phi) is 6.73. The molecule has 0 atom stereocenters. The van der Waals surface area contributed by atoms with E-state index in [4.69, 9.17) is 9.47 Å². The molecule has 158 valence electrons. The zero-order chi connectivity index (χ0) is 20.8. The molecule has 0 radical (unpaired) electrons. The maximum atomic E-state index is 12.7. The highest BCUT2D eigenvalue weighted by Crippen LogP contribution is 2.38. The van der Waals surface area contributed by atoms with Gasteiger partial charge in [-0.05, 0) is 32.4 Å². The molecule has 1 aromatic heterocycles. The van der Waals surface area contributed by atoms with Crippen LogP contribution in [0.4, 0.5) is 8.78 Å². The number of guanidine groups is 1. The van der Waals surface area contributed by atoms with Gasteiger partial charge in [-0.25, -0.2) is 0 Å². The van der Waals surface area contributed by atoms with E-state index < -0.39 is 6.61 Å². The fourth-order valence-electron chi connectivity index (χ4n) is 3.05. The van der Waals surface area contributed by atoms with Gasteiger partial charge in [0.2, 0.25) is 6.79 Å². The summed E-state index contributed by atoms with van der Waals surface area (Å²) in [5, 5.41) is 10.7. The minimum Gasteiger partial charge on any atom is -0.454 e. The first kappa shape index (κ1) is 20.7. The van der Waals surface area contributed by atoms with Crippen molar-refractivity contribution < 1.29 is 23.0 Å². The highest BCUT2D eigenvalue weighted by Gasteiger charge is 2.20. The summed E-state index contributed by atoms with van der Waals surface area (Å²) < 4.78 is 42.6. The number of hydrogen-bond acceptors (Lipinski definition) is 5. The van der Waals surface area contributed by atoms with Crippen LogP contribution in [-0.4, -0.2) is 42.7 Å². The van der Waals surface area contributed by atoms with Crippen molar-refractivity contribution >= 4 is 5.96 Å². The third-order valence-electron chi connectivity index (χ3n) is 4.38. The first-order valence-electron chi connectivity index (χ1n) is 9.29. The van der Waals surface area contributed by atoms with Gasteiger partial charge in [-0.2, -0.15) is 13.9 Å². The molecule has 2 aromatic rings. The molecule has 8 nitrogen and oxygen atoms in total. The Bertz CT molecular complexity index is 870. The number of aromatic nitrogens is 2. The van der Waals surface area contributed by atoms with Crippen LogP contribution in [-0.2, 0) is 13.1 Å². The number of fused-ring (bicyclic) bond motifs is 1. The molecule has 1 aliphatic heterocycles. The highest BCUT2D eigenvalue weighted by atomic mass is 19.3. The topological polar surface area (TPSA) is 81.9 Å². The lowest BCUT2D eigenvalue weighted by atomic mass is 10.1. The molecule has 0 aliphatic carbocycles. The fourth-order valence-corrected chi connectivity index (χ4v) is 3.05. The second-order valence-electron chi connectivity index (χ2n) is 6.55. The zero-order valence-corrected chi connectivity index (χ0v) is 16.7. The first-order valence-corrected chi connectivity index (χ1v) is 9.29. The molecule has 10 heteroatoms. The Balaban J connectivity index is 1.53. The number of aliphatic imine (C=N–C) groups is 1. The van der Waals surface area contributed by atoms with Crippen molar-refractivity contribution in [3.63, 3.8) is 0 Å². The molecule has 1 aromatic carbocycles. The lowest BCUT2D eigenvalue weighted by molar-refractivity contribution is -0.0505. The fraction of sp³-hybridized carbons (Fsp3) is 0.474. The molecular weight excluding hydrogens is 384 g/mol. The number of rotatable bonds is 8. The Morgan fingerprint density at radius 2 is 2.00 bits per heavy atom. The van der Waals surface area contributed by atoms with E-state index in [1.807, 2.05) is 24.6 Å².